The Balaban J connectivity index is 2.04. The van der Waals surface area contributed by atoms with Crippen LogP contribution >= 0.6 is 11.6 Å². The molecule has 0 bridgehead atoms. The zero-order valence-corrected chi connectivity index (χ0v) is 11.0. The second-order valence-corrected chi connectivity index (χ2v) is 4.60. The van der Waals surface area contributed by atoms with Gasteiger partial charge in [-0.25, -0.2) is 4.39 Å². The Hall–Kier alpha value is -1.36. The molecule has 0 saturated heterocycles. The number of hydrogen-bond donors (Lipinski definition) is 2. The molecule has 0 spiro atoms. The van der Waals surface area contributed by atoms with Crippen LogP contribution in [0.5, 0.6) is 0 Å². The van der Waals surface area contributed by atoms with Gasteiger partial charge in [0, 0.05) is 18.2 Å². The molecule has 0 aliphatic rings. The van der Waals surface area contributed by atoms with Crippen molar-refractivity contribution in [2.75, 3.05) is 6.61 Å². The van der Waals surface area contributed by atoms with Crippen molar-refractivity contribution in [2.45, 2.75) is 19.0 Å². The minimum Gasteiger partial charge on any atom is -0.468 e. The second kappa shape index (κ2) is 6.70. The molecule has 1 atom stereocenters. The number of nitrogens with one attached hydrogen (secondary N) is 1. The molecule has 1 aromatic carbocycles. The maximum atomic E-state index is 13.1. The van der Waals surface area contributed by atoms with Gasteiger partial charge in [-0.1, -0.05) is 11.6 Å². The summed E-state index contributed by atoms with van der Waals surface area (Å²) in [4.78, 5) is 0. The van der Waals surface area contributed by atoms with Gasteiger partial charge in [-0.2, -0.15) is 0 Å². The van der Waals surface area contributed by atoms with Gasteiger partial charge in [-0.05, 0) is 42.3 Å². The minimum atomic E-state index is -0.321. The van der Waals surface area contributed by atoms with Gasteiger partial charge in [0.25, 0.3) is 0 Å². The maximum Gasteiger partial charge on any atom is 0.123 e. The van der Waals surface area contributed by atoms with E-state index < -0.39 is 0 Å². The van der Waals surface area contributed by atoms with Crippen molar-refractivity contribution >= 4 is 11.6 Å². The Kier molecular flexibility index (Phi) is 4.96. The first-order valence-corrected chi connectivity index (χ1v) is 6.40. The van der Waals surface area contributed by atoms with Crippen LogP contribution in [0.4, 0.5) is 4.39 Å². The third-order valence-corrected chi connectivity index (χ3v) is 3.22. The Morgan fingerprint density at radius 2 is 2.21 bits per heavy atom. The smallest absolute Gasteiger partial charge is 0.123 e. The Morgan fingerprint density at radius 1 is 1.37 bits per heavy atom. The van der Waals surface area contributed by atoms with Crippen LogP contribution in [0.3, 0.4) is 0 Å². The van der Waals surface area contributed by atoms with Crippen molar-refractivity contribution in [1.29, 1.82) is 0 Å². The highest BCUT2D eigenvalue weighted by molar-refractivity contribution is 6.31. The molecule has 102 valence electrons. The normalized spacial score (nSPS) is 12.6. The van der Waals surface area contributed by atoms with Gasteiger partial charge in [0.05, 0.1) is 12.3 Å². The van der Waals surface area contributed by atoms with Gasteiger partial charge in [0.2, 0.25) is 0 Å². The van der Waals surface area contributed by atoms with Gasteiger partial charge in [0.1, 0.15) is 11.6 Å². The Labute approximate surface area is 116 Å². The van der Waals surface area contributed by atoms with E-state index in [0.29, 0.717) is 23.6 Å². The summed E-state index contributed by atoms with van der Waals surface area (Å²) in [6, 6.07) is 7.75. The zero-order valence-electron chi connectivity index (χ0n) is 10.3. The predicted octanol–water partition coefficient (Wildman–Crippen LogP) is 3.29. The molecule has 0 saturated carbocycles. The van der Waals surface area contributed by atoms with Crippen molar-refractivity contribution in [2.24, 2.45) is 0 Å². The molecule has 0 amide bonds. The van der Waals surface area contributed by atoms with Crippen LogP contribution in [-0.4, -0.2) is 11.7 Å². The fourth-order valence-electron chi connectivity index (χ4n) is 1.88. The SMILES string of the molecule is OCC[C@@H](NCc1cc(F)ccc1Cl)c1ccco1. The van der Waals surface area contributed by atoms with Gasteiger partial charge in [-0.3, -0.25) is 0 Å². The summed E-state index contributed by atoms with van der Waals surface area (Å²) in [5.41, 5.74) is 0.677. The molecular formula is C14H15ClFNO2. The lowest BCUT2D eigenvalue weighted by atomic mass is 10.1. The third-order valence-electron chi connectivity index (χ3n) is 2.85. The fraction of sp³-hybridized carbons (Fsp3) is 0.286. The van der Waals surface area contributed by atoms with Crippen molar-refractivity contribution < 1.29 is 13.9 Å². The number of furan rings is 1. The molecule has 2 N–H and O–H groups in total. The van der Waals surface area contributed by atoms with Gasteiger partial charge in [0.15, 0.2) is 0 Å². The molecule has 0 unspecified atom stereocenters. The minimum absolute atomic E-state index is 0.0370. The molecule has 19 heavy (non-hydrogen) atoms. The predicted molar refractivity (Wildman–Crippen MR) is 71.4 cm³/mol. The highest BCUT2D eigenvalue weighted by Crippen LogP contribution is 2.21. The summed E-state index contributed by atoms with van der Waals surface area (Å²) in [6.45, 7) is 0.442. The van der Waals surface area contributed by atoms with E-state index in [-0.39, 0.29) is 18.5 Å². The van der Waals surface area contributed by atoms with Crippen molar-refractivity contribution in [3.63, 3.8) is 0 Å². The molecule has 3 nitrogen and oxygen atoms in total. The first-order valence-electron chi connectivity index (χ1n) is 6.02. The third kappa shape index (κ3) is 3.80. The fourth-order valence-corrected chi connectivity index (χ4v) is 2.06. The topological polar surface area (TPSA) is 45.4 Å². The summed E-state index contributed by atoms with van der Waals surface area (Å²) < 4.78 is 18.5. The van der Waals surface area contributed by atoms with Crippen molar-refractivity contribution in [3.8, 4) is 0 Å². The van der Waals surface area contributed by atoms with E-state index in [9.17, 15) is 4.39 Å². The van der Waals surface area contributed by atoms with Gasteiger partial charge in [-0.15, -0.1) is 0 Å². The molecule has 5 heteroatoms. The van der Waals surface area contributed by atoms with Crippen LogP contribution < -0.4 is 5.32 Å². The standard InChI is InChI=1S/C14H15ClFNO2/c15-12-4-3-11(16)8-10(12)9-17-13(5-6-18)14-2-1-7-19-14/h1-4,7-8,13,17-18H,5-6,9H2/t13-/m1/s1. The molecule has 2 aromatic rings. The van der Waals surface area contributed by atoms with Crippen LogP contribution in [0.25, 0.3) is 0 Å². The molecular weight excluding hydrogens is 269 g/mol. The number of aliphatic hydroxyl groups excluding tert-OH is 1. The quantitative estimate of drug-likeness (QED) is 0.855. The van der Waals surface area contributed by atoms with Gasteiger partial charge < -0.3 is 14.8 Å². The van der Waals surface area contributed by atoms with E-state index in [4.69, 9.17) is 21.1 Å². The molecule has 1 aromatic heterocycles. The van der Waals surface area contributed by atoms with E-state index in [0.717, 1.165) is 5.76 Å². The molecule has 1 heterocycles. The van der Waals surface area contributed by atoms with Crippen LogP contribution in [0.1, 0.15) is 23.8 Å². The molecule has 2 rings (SSSR count). The molecule has 0 aliphatic carbocycles. The second-order valence-electron chi connectivity index (χ2n) is 4.20. The number of aliphatic hydroxyl groups is 1. The highest BCUT2D eigenvalue weighted by atomic mass is 35.5. The lowest BCUT2D eigenvalue weighted by molar-refractivity contribution is 0.254. The van der Waals surface area contributed by atoms with E-state index in [1.807, 2.05) is 6.07 Å². The average Bonchev–Trinajstić information content (AvgIpc) is 2.92. The number of halogens is 2. The Bertz CT molecular complexity index is 516. The monoisotopic (exact) mass is 283 g/mol. The van der Waals surface area contributed by atoms with E-state index in [2.05, 4.69) is 5.32 Å². The lowest BCUT2D eigenvalue weighted by Gasteiger charge is -2.16. The summed E-state index contributed by atoms with van der Waals surface area (Å²) in [7, 11) is 0. The Morgan fingerprint density at radius 3 is 2.89 bits per heavy atom. The largest absolute Gasteiger partial charge is 0.468 e. The van der Waals surface area contributed by atoms with Crippen LogP contribution in [0, 0.1) is 5.82 Å². The van der Waals surface area contributed by atoms with Crippen LogP contribution in [0.2, 0.25) is 5.02 Å². The van der Waals surface area contributed by atoms with Gasteiger partial charge >= 0.3 is 0 Å². The van der Waals surface area contributed by atoms with Crippen LogP contribution in [0.15, 0.2) is 41.0 Å². The van der Waals surface area contributed by atoms with Crippen molar-refractivity contribution in [1.82, 2.24) is 5.32 Å². The van der Waals surface area contributed by atoms with Crippen LogP contribution in [-0.2, 0) is 6.54 Å². The first kappa shape index (κ1) is 14.1. The van der Waals surface area contributed by atoms with E-state index >= 15 is 0 Å². The van der Waals surface area contributed by atoms with E-state index in [1.165, 1.54) is 18.2 Å². The van der Waals surface area contributed by atoms with Crippen molar-refractivity contribution in [3.05, 3.63) is 58.8 Å². The maximum absolute atomic E-state index is 13.1. The summed E-state index contributed by atoms with van der Waals surface area (Å²) >= 11 is 6.00. The zero-order chi connectivity index (χ0) is 13.7. The number of rotatable bonds is 6. The molecule has 0 radical (unpaired) electrons. The lowest BCUT2D eigenvalue weighted by Crippen LogP contribution is -2.21. The summed E-state index contributed by atoms with van der Waals surface area (Å²) in [5.74, 6) is 0.416. The summed E-state index contributed by atoms with van der Waals surface area (Å²) in [6.07, 6.45) is 2.09. The highest BCUT2D eigenvalue weighted by Gasteiger charge is 2.14. The number of hydrogen-bond acceptors (Lipinski definition) is 3. The van der Waals surface area contributed by atoms with E-state index in [1.54, 1.807) is 12.3 Å². The first-order chi connectivity index (χ1) is 9.20. The average molecular weight is 284 g/mol. The molecule has 0 aliphatic heterocycles. The molecule has 0 fully saturated rings. The number of benzene rings is 1. The summed E-state index contributed by atoms with van der Waals surface area (Å²) in [5, 5.41) is 12.8.